The van der Waals surface area contributed by atoms with Gasteiger partial charge in [-0.1, -0.05) is 6.07 Å². The maximum Gasteiger partial charge on any atom is 0.238 e. The highest BCUT2D eigenvalue weighted by atomic mass is 16.1. The number of carbonyl (C=O) groups is 1. The van der Waals surface area contributed by atoms with E-state index in [2.05, 4.69) is 35.4 Å². The minimum absolute atomic E-state index is 0.0239. The molecule has 0 bridgehead atoms. The van der Waals surface area contributed by atoms with Gasteiger partial charge in [0, 0.05) is 24.5 Å². The van der Waals surface area contributed by atoms with E-state index in [1.165, 1.54) is 0 Å². The van der Waals surface area contributed by atoms with Crippen LogP contribution in [0.3, 0.4) is 0 Å². The van der Waals surface area contributed by atoms with Crippen LogP contribution in [-0.2, 0) is 4.79 Å². The topological polar surface area (TPSA) is 44.4 Å². The van der Waals surface area contributed by atoms with E-state index < -0.39 is 0 Å². The van der Waals surface area contributed by atoms with Gasteiger partial charge >= 0.3 is 0 Å². The van der Waals surface area contributed by atoms with E-state index in [0.29, 0.717) is 6.54 Å². The van der Waals surface area contributed by atoms with Gasteiger partial charge in [0.1, 0.15) is 0 Å². The Balaban J connectivity index is 2.75. The first kappa shape index (κ1) is 13.5. The molecule has 0 fully saturated rings. The Kier molecular flexibility index (Phi) is 5.49. The second-order valence-corrected chi connectivity index (χ2v) is 3.80. The highest BCUT2D eigenvalue weighted by Gasteiger charge is 2.04. The van der Waals surface area contributed by atoms with Gasteiger partial charge in [0.2, 0.25) is 5.91 Å². The van der Waals surface area contributed by atoms with Crippen molar-refractivity contribution in [3.63, 3.8) is 0 Å². The zero-order valence-corrected chi connectivity index (χ0v) is 10.8. The Morgan fingerprint density at radius 1 is 1.29 bits per heavy atom. The number of anilines is 2. The van der Waals surface area contributed by atoms with Crippen LogP contribution in [0.25, 0.3) is 0 Å². The predicted octanol–water partition coefficient (Wildman–Crippen LogP) is 1.69. The maximum atomic E-state index is 11.4. The summed E-state index contributed by atoms with van der Waals surface area (Å²) in [7, 11) is 1.76. The monoisotopic (exact) mass is 235 g/mol. The molecule has 1 aromatic rings. The SMILES string of the molecule is CCN(CC)c1cccc(NC(=O)CNC)c1. The van der Waals surface area contributed by atoms with E-state index >= 15 is 0 Å². The van der Waals surface area contributed by atoms with Crippen LogP contribution in [0.2, 0.25) is 0 Å². The number of nitrogens with zero attached hydrogens (tertiary/aromatic N) is 1. The third-order valence-corrected chi connectivity index (χ3v) is 2.60. The summed E-state index contributed by atoms with van der Waals surface area (Å²) in [6.45, 7) is 6.50. The number of carbonyl (C=O) groups excluding carboxylic acids is 1. The molecule has 0 saturated heterocycles. The minimum Gasteiger partial charge on any atom is -0.372 e. The number of nitrogens with one attached hydrogen (secondary N) is 2. The smallest absolute Gasteiger partial charge is 0.238 e. The molecule has 4 heteroatoms. The molecule has 4 nitrogen and oxygen atoms in total. The molecule has 0 unspecified atom stereocenters. The Morgan fingerprint density at radius 3 is 2.59 bits per heavy atom. The van der Waals surface area contributed by atoms with Gasteiger partial charge in [-0.3, -0.25) is 4.79 Å². The third-order valence-electron chi connectivity index (χ3n) is 2.60. The van der Waals surface area contributed by atoms with Gasteiger partial charge in [-0.05, 0) is 39.1 Å². The number of amides is 1. The fourth-order valence-electron chi connectivity index (χ4n) is 1.73. The molecule has 2 N–H and O–H groups in total. The summed E-state index contributed by atoms with van der Waals surface area (Å²) < 4.78 is 0. The first-order chi connectivity index (χ1) is 8.21. The van der Waals surface area contributed by atoms with Crippen LogP contribution in [0.15, 0.2) is 24.3 Å². The van der Waals surface area contributed by atoms with Gasteiger partial charge in [0.25, 0.3) is 0 Å². The van der Waals surface area contributed by atoms with Gasteiger partial charge < -0.3 is 15.5 Å². The van der Waals surface area contributed by atoms with Gasteiger partial charge in [0.05, 0.1) is 6.54 Å². The Hall–Kier alpha value is -1.55. The predicted molar refractivity (Wildman–Crippen MR) is 72.6 cm³/mol. The summed E-state index contributed by atoms with van der Waals surface area (Å²) in [5, 5.41) is 5.68. The summed E-state index contributed by atoms with van der Waals surface area (Å²) in [6.07, 6.45) is 0. The van der Waals surface area contributed by atoms with E-state index in [-0.39, 0.29) is 5.91 Å². The molecular weight excluding hydrogens is 214 g/mol. The molecule has 1 aromatic carbocycles. The highest BCUT2D eigenvalue weighted by molar-refractivity contribution is 5.92. The lowest BCUT2D eigenvalue weighted by Crippen LogP contribution is -2.25. The van der Waals surface area contributed by atoms with Crippen molar-refractivity contribution in [2.75, 3.05) is 36.9 Å². The Bertz CT molecular complexity index is 361. The van der Waals surface area contributed by atoms with Gasteiger partial charge in [-0.25, -0.2) is 0 Å². The van der Waals surface area contributed by atoms with Crippen molar-refractivity contribution in [1.82, 2.24) is 5.32 Å². The van der Waals surface area contributed by atoms with Crippen LogP contribution in [0, 0.1) is 0 Å². The first-order valence-electron chi connectivity index (χ1n) is 6.00. The molecule has 0 aliphatic rings. The zero-order valence-electron chi connectivity index (χ0n) is 10.8. The number of hydrogen-bond donors (Lipinski definition) is 2. The molecule has 0 aliphatic carbocycles. The molecule has 0 heterocycles. The minimum atomic E-state index is -0.0239. The molecule has 0 aromatic heterocycles. The van der Waals surface area contributed by atoms with Crippen molar-refractivity contribution in [2.24, 2.45) is 0 Å². The van der Waals surface area contributed by atoms with E-state index in [9.17, 15) is 4.79 Å². The quantitative estimate of drug-likeness (QED) is 0.788. The standard InChI is InChI=1S/C13H21N3O/c1-4-16(5-2)12-8-6-7-11(9-12)15-13(17)10-14-3/h6-9,14H,4-5,10H2,1-3H3,(H,15,17). The molecule has 0 radical (unpaired) electrons. The lowest BCUT2D eigenvalue weighted by Gasteiger charge is -2.21. The van der Waals surface area contributed by atoms with E-state index in [4.69, 9.17) is 0 Å². The Morgan fingerprint density at radius 2 is 2.00 bits per heavy atom. The number of benzene rings is 1. The van der Waals surface area contributed by atoms with Crippen LogP contribution >= 0.6 is 0 Å². The van der Waals surface area contributed by atoms with Crippen molar-refractivity contribution in [3.8, 4) is 0 Å². The highest BCUT2D eigenvalue weighted by Crippen LogP contribution is 2.18. The second kappa shape index (κ2) is 6.91. The fraction of sp³-hybridized carbons (Fsp3) is 0.462. The summed E-state index contributed by atoms with van der Waals surface area (Å²) in [4.78, 5) is 13.7. The van der Waals surface area contributed by atoms with Gasteiger partial charge in [-0.15, -0.1) is 0 Å². The molecule has 1 rings (SSSR count). The largest absolute Gasteiger partial charge is 0.372 e. The number of rotatable bonds is 6. The summed E-state index contributed by atoms with van der Waals surface area (Å²) in [6, 6.07) is 7.92. The summed E-state index contributed by atoms with van der Waals surface area (Å²) in [5.41, 5.74) is 1.98. The maximum absolute atomic E-state index is 11.4. The molecule has 1 amide bonds. The van der Waals surface area contributed by atoms with Crippen molar-refractivity contribution in [3.05, 3.63) is 24.3 Å². The molecule has 0 aliphatic heterocycles. The molecule has 0 spiro atoms. The van der Waals surface area contributed by atoms with E-state index in [0.717, 1.165) is 24.5 Å². The van der Waals surface area contributed by atoms with E-state index in [1.54, 1.807) is 7.05 Å². The average molecular weight is 235 g/mol. The zero-order chi connectivity index (χ0) is 12.7. The fourth-order valence-corrected chi connectivity index (χ4v) is 1.73. The Labute approximate surface area is 103 Å². The third kappa shape index (κ3) is 4.07. The lowest BCUT2D eigenvalue weighted by molar-refractivity contribution is -0.115. The summed E-state index contributed by atoms with van der Waals surface area (Å²) >= 11 is 0. The van der Waals surface area contributed by atoms with Crippen molar-refractivity contribution in [2.45, 2.75) is 13.8 Å². The van der Waals surface area contributed by atoms with Crippen LogP contribution in [-0.4, -0.2) is 32.6 Å². The lowest BCUT2D eigenvalue weighted by atomic mass is 10.2. The van der Waals surface area contributed by atoms with Crippen molar-refractivity contribution >= 4 is 17.3 Å². The number of hydrogen-bond acceptors (Lipinski definition) is 3. The first-order valence-corrected chi connectivity index (χ1v) is 6.00. The van der Waals surface area contributed by atoms with Crippen molar-refractivity contribution < 1.29 is 4.79 Å². The van der Waals surface area contributed by atoms with E-state index in [1.807, 2.05) is 18.2 Å². The van der Waals surface area contributed by atoms with Crippen molar-refractivity contribution in [1.29, 1.82) is 0 Å². The molecule has 17 heavy (non-hydrogen) atoms. The average Bonchev–Trinajstić information content (AvgIpc) is 2.31. The van der Waals surface area contributed by atoms with Crippen LogP contribution < -0.4 is 15.5 Å². The van der Waals surface area contributed by atoms with Gasteiger partial charge in [-0.2, -0.15) is 0 Å². The second-order valence-electron chi connectivity index (χ2n) is 3.80. The van der Waals surface area contributed by atoms with Crippen LogP contribution in [0.1, 0.15) is 13.8 Å². The molecule has 0 saturated carbocycles. The van der Waals surface area contributed by atoms with Crippen LogP contribution in [0.5, 0.6) is 0 Å². The van der Waals surface area contributed by atoms with Gasteiger partial charge in [0.15, 0.2) is 0 Å². The van der Waals surface area contributed by atoms with Crippen LogP contribution in [0.4, 0.5) is 11.4 Å². The summed E-state index contributed by atoms with van der Waals surface area (Å²) in [5.74, 6) is -0.0239. The number of likely N-dealkylation sites (N-methyl/N-ethyl adjacent to an activating group) is 1. The molecular formula is C13H21N3O. The normalized spacial score (nSPS) is 10.1. The molecule has 0 atom stereocenters. The molecule has 94 valence electrons.